The molecule has 0 aliphatic carbocycles. The summed E-state index contributed by atoms with van der Waals surface area (Å²) < 4.78 is 6.67. The summed E-state index contributed by atoms with van der Waals surface area (Å²) in [7, 11) is 3.50. The van der Waals surface area contributed by atoms with Crippen molar-refractivity contribution in [2.45, 2.75) is 19.9 Å². The molecule has 1 aliphatic heterocycles. The van der Waals surface area contributed by atoms with Gasteiger partial charge in [0.05, 0.1) is 13.7 Å². The van der Waals surface area contributed by atoms with Crippen molar-refractivity contribution in [1.82, 2.24) is 14.7 Å². The zero-order chi connectivity index (χ0) is 18.5. The van der Waals surface area contributed by atoms with Gasteiger partial charge >= 0.3 is 0 Å². The van der Waals surface area contributed by atoms with Gasteiger partial charge in [-0.2, -0.15) is 5.10 Å². The highest BCUT2D eigenvalue weighted by Crippen LogP contribution is 2.28. The van der Waals surface area contributed by atoms with Crippen molar-refractivity contribution in [2.24, 2.45) is 12.0 Å². The summed E-state index contributed by atoms with van der Waals surface area (Å²) in [4.78, 5) is 17.6. The number of carbonyl (C=O) groups is 1. The predicted octanol–water partition coefficient (Wildman–Crippen LogP) is 2.71. The summed E-state index contributed by atoms with van der Waals surface area (Å²) in [5, 5.41) is 7.99. The first kappa shape index (κ1) is 17.7. The summed E-state index contributed by atoms with van der Waals surface area (Å²) in [6.45, 7) is 2.94. The quantitative estimate of drug-likeness (QED) is 0.663. The van der Waals surface area contributed by atoms with Crippen LogP contribution in [0.1, 0.15) is 23.7 Å². The Morgan fingerprint density at radius 2 is 2.27 bits per heavy atom. The van der Waals surface area contributed by atoms with Gasteiger partial charge in [0.2, 0.25) is 5.91 Å². The number of aromatic nitrogens is 2. The fourth-order valence-electron chi connectivity index (χ4n) is 3.04. The molecule has 136 valence electrons. The number of aliphatic imine (C=N–C) groups is 1. The molecule has 1 aromatic heterocycles. The number of ether oxygens (including phenoxy) is 1. The van der Waals surface area contributed by atoms with Gasteiger partial charge in [-0.1, -0.05) is 12.1 Å². The Hall–Kier alpha value is -3.09. The monoisotopic (exact) mass is 353 g/mol. The second-order valence-corrected chi connectivity index (χ2v) is 6.14. The standard InChI is InChI=1S/C19H23N5O2/c1-14(25)24-10-8-18-17(12-24)19(22-23(18)2)21-16-6-4-5-15(11-16)7-9-20-13-26-3/h4-7,9,11,13H,8,10,12H2,1-3H3,(H,21,22)/b9-7+,20-13?. The van der Waals surface area contributed by atoms with Crippen molar-refractivity contribution in [3.63, 3.8) is 0 Å². The van der Waals surface area contributed by atoms with Gasteiger partial charge in [-0.15, -0.1) is 0 Å². The van der Waals surface area contributed by atoms with Crippen LogP contribution < -0.4 is 5.32 Å². The molecule has 1 amide bonds. The molecule has 0 fully saturated rings. The lowest BCUT2D eigenvalue weighted by Crippen LogP contribution is -2.34. The number of aryl methyl sites for hydroxylation is 1. The van der Waals surface area contributed by atoms with E-state index in [9.17, 15) is 4.79 Å². The van der Waals surface area contributed by atoms with Crippen molar-refractivity contribution in [3.8, 4) is 0 Å². The highest BCUT2D eigenvalue weighted by atomic mass is 16.5. The van der Waals surface area contributed by atoms with Crippen LogP contribution in [0.25, 0.3) is 6.08 Å². The van der Waals surface area contributed by atoms with Gasteiger partial charge in [0.25, 0.3) is 0 Å². The van der Waals surface area contributed by atoms with Gasteiger partial charge in [0, 0.05) is 50.1 Å². The average molecular weight is 353 g/mol. The largest absolute Gasteiger partial charge is 0.486 e. The Morgan fingerprint density at radius 1 is 1.42 bits per heavy atom. The van der Waals surface area contributed by atoms with E-state index in [-0.39, 0.29) is 5.91 Å². The summed E-state index contributed by atoms with van der Waals surface area (Å²) in [5.41, 5.74) is 4.21. The molecule has 26 heavy (non-hydrogen) atoms. The third-order valence-electron chi connectivity index (χ3n) is 4.36. The maximum atomic E-state index is 11.7. The van der Waals surface area contributed by atoms with Gasteiger partial charge < -0.3 is 15.0 Å². The minimum absolute atomic E-state index is 0.0919. The van der Waals surface area contributed by atoms with Crippen molar-refractivity contribution in [3.05, 3.63) is 47.3 Å². The van der Waals surface area contributed by atoms with Crippen molar-refractivity contribution < 1.29 is 9.53 Å². The number of carbonyl (C=O) groups excluding carboxylic acids is 1. The number of fused-ring (bicyclic) bond motifs is 1. The third kappa shape index (κ3) is 3.93. The molecule has 1 aliphatic rings. The van der Waals surface area contributed by atoms with Crippen LogP contribution in [0.3, 0.4) is 0 Å². The minimum Gasteiger partial charge on any atom is -0.486 e. The van der Waals surface area contributed by atoms with Crippen LogP contribution in [0.2, 0.25) is 0 Å². The molecule has 0 bridgehead atoms. The molecule has 2 aromatic rings. The lowest BCUT2D eigenvalue weighted by molar-refractivity contribution is -0.129. The molecular formula is C19H23N5O2. The highest BCUT2D eigenvalue weighted by Gasteiger charge is 2.25. The molecule has 0 atom stereocenters. The SMILES string of the molecule is COC=N/C=C/c1cccc(Nc2nn(C)c3c2CN(C(C)=O)CC3)c1. The molecule has 7 nitrogen and oxygen atoms in total. The Bertz CT molecular complexity index is 854. The minimum atomic E-state index is 0.0919. The van der Waals surface area contributed by atoms with E-state index in [4.69, 9.17) is 4.74 Å². The van der Waals surface area contributed by atoms with Crippen molar-refractivity contribution in [2.75, 3.05) is 19.0 Å². The summed E-state index contributed by atoms with van der Waals surface area (Å²) in [6, 6.07) is 7.97. The first-order valence-corrected chi connectivity index (χ1v) is 8.47. The molecule has 7 heteroatoms. The van der Waals surface area contributed by atoms with Crippen LogP contribution in [-0.2, 0) is 29.5 Å². The third-order valence-corrected chi connectivity index (χ3v) is 4.36. The second kappa shape index (κ2) is 7.86. The Labute approximate surface area is 153 Å². The van der Waals surface area contributed by atoms with Crippen LogP contribution in [0.5, 0.6) is 0 Å². The topological polar surface area (TPSA) is 71.8 Å². The van der Waals surface area contributed by atoms with Gasteiger partial charge in [0.15, 0.2) is 12.2 Å². The van der Waals surface area contributed by atoms with E-state index in [1.807, 2.05) is 47.0 Å². The lowest BCUT2D eigenvalue weighted by Gasteiger charge is -2.26. The van der Waals surface area contributed by atoms with E-state index in [2.05, 4.69) is 15.4 Å². The number of hydrogen-bond donors (Lipinski definition) is 1. The van der Waals surface area contributed by atoms with Crippen LogP contribution >= 0.6 is 0 Å². The Kier molecular flexibility index (Phi) is 5.36. The van der Waals surface area contributed by atoms with Gasteiger partial charge in [-0.25, -0.2) is 4.99 Å². The van der Waals surface area contributed by atoms with Crippen LogP contribution in [-0.4, -0.2) is 40.6 Å². The van der Waals surface area contributed by atoms with E-state index in [1.165, 1.54) is 12.1 Å². The fourth-order valence-corrected chi connectivity index (χ4v) is 3.04. The maximum absolute atomic E-state index is 11.7. The molecule has 0 saturated carbocycles. The van der Waals surface area contributed by atoms with Crippen LogP contribution in [0, 0.1) is 0 Å². The zero-order valence-corrected chi connectivity index (χ0v) is 15.3. The number of methoxy groups -OCH3 is 1. The van der Waals surface area contributed by atoms with Crippen molar-refractivity contribution in [1.29, 1.82) is 0 Å². The smallest absolute Gasteiger partial charge is 0.219 e. The van der Waals surface area contributed by atoms with Crippen molar-refractivity contribution >= 4 is 29.9 Å². The number of anilines is 2. The molecule has 0 unspecified atom stereocenters. The second-order valence-electron chi connectivity index (χ2n) is 6.14. The van der Waals surface area contributed by atoms with Crippen LogP contribution in [0.4, 0.5) is 11.5 Å². The Balaban J connectivity index is 1.81. The first-order chi connectivity index (χ1) is 12.6. The summed E-state index contributed by atoms with van der Waals surface area (Å²) in [6.07, 6.45) is 5.77. The van der Waals surface area contributed by atoms with E-state index in [0.717, 1.165) is 35.6 Å². The molecular weight excluding hydrogens is 330 g/mol. The van der Waals surface area contributed by atoms with Gasteiger partial charge in [0.1, 0.15) is 0 Å². The average Bonchev–Trinajstić information content (AvgIpc) is 2.94. The van der Waals surface area contributed by atoms with E-state index in [1.54, 1.807) is 20.2 Å². The Morgan fingerprint density at radius 3 is 3.04 bits per heavy atom. The molecule has 0 radical (unpaired) electrons. The van der Waals surface area contributed by atoms with E-state index < -0.39 is 0 Å². The number of hydrogen-bond acceptors (Lipinski definition) is 5. The normalized spacial score (nSPS) is 14.0. The summed E-state index contributed by atoms with van der Waals surface area (Å²) in [5.74, 6) is 0.890. The van der Waals surface area contributed by atoms with Gasteiger partial charge in [-0.3, -0.25) is 9.48 Å². The molecule has 0 spiro atoms. The lowest BCUT2D eigenvalue weighted by atomic mass is 10.1. The number of nitrogens with zero attached hydrogens (tertiary/aromatic N) is 4. The van der Waals surface area contributed by atoms with E-state index in [0.29, 0.717) is 6.54 Å². The highest BCUT2D eigenvalue weighted by molar-refractivity contribution is 5.74. The van der Waals surface area contributed by atoms with Gasteiger partial charge in [-0.05, 0) is 23.8 Å². The molecule has 3 rings (SSSR count). The molecule has 1 N–H and O–H groups in total. The number of rotatable bonds is 5. The first-order valence-electron chi connectivity index (χ1n) is 8.47. The number of benzene rings is 1. The predicted molar refractivity (Wildman–Crippen MR) is 102 cm³/mol. The van der Waals surface area contributed by atoms with Crippen LogP contribution in [0.15, 0.2) is 35.5 Å². The summed E-state index contributed by atoms with van der Waals surface area (Å²) >= 11 is 0. The molecule has 1 aromatic carbocycles. The number of nitrogens with one attached hydrogen (secondary N) is 1. The number of amides is 1. The fraction of sp³-hybridized carbons (Fsp3) is 0.316. The van der Waals surface area contributed by atoms with E-state index >= 15 is 0 Å². The maximum Gasteiger partial charge on any atom is 0.219 e. The zero-order valence-electron chi connectivity index (χ0n) is 15.3. The molecule has 2 heterocycles. The molecule has 0 saturated heterocycles.